The van der Waals surface area contributed by atoms with Gasteiger partial charge in [0, 0.05) is 26.8 Å². The summed E-state index contributed by atoms with van der Waals surface area (Å²) >= 11 is 0. The third-order valence-electron chi connectivity index (χ3n) is 2.90. The SMILES string of the molecule is CN(CC1CCOCC1)c1nc(CO)co1. The van der Waals surface area contributed by atoms with Crippen molar-refractivity contribution in [3.63, 3.8) is 0 Å². The van der Waals surface area contributed by atoms with Crippen LogP contribution in [0.5, 0.6) is 0 Å². The minimum absolute atomic E-state index is 0.0748. The molecule has 1 saturated heterocycles. The molecule has 5 heteroatoms. The molecule has 0 aromatic carbocycles. The van der Waals surface area contributed by atoms with E-state index in [0.29, 0.717) is 17.6 Å². The molecule has 0 saturated carbocycles. The Kier molecular flexibility index (Phi) is 3.79. The first kappa shape index (κ1) is 11.4. The summed E-state index contributed by atoms with van der Waals surface area (Å²) in [5, 5.41) is 8.90. The molecule has 0 atom stereocenters. The lowest BCUT2D eigenvalue weighted by molar-refractivity contribution is 0.0682. The zero-order valence-electron chi connectivity index (χ0n) is 9.56. The van der Waals surface area contributed by atoms with Gasteiger partial charge in [-0.3, -0.25) is 0 Å². The van der Waals surface area contributed by atoms with Crippen LogP contribution in [0.3, 0.4) is 0 Å². The van der Waals surface area contributed by atoms with Gasteiger partial charge in [0.25, 0.3) is 6.01 Å². The minimum atomic E-state index is -0.0748. The Morgan fingerprint density at radius 3 is 2.88 bits per heavy atom. The fourth-order valence-electron chi connectivity index (χ4n) is 1.94. The molecular weight excluding hydrogens is 208 g/mol. The summed E-state index contributed by atoms with van der Waals surface area (Å²) in [6.45, 7) is 2.56. The highest BCUT2D eigenvalue weighted by atomic mass is 16.5. The highest BCUT2D eigenvalue weighted by Gasteiger charge is 2.18. The van der Waals surface area contributed by atoms with Crippen LogP contribution >= 0.6 is 0 Å². The van der Waals surface area contributed by atoms with Gasteiger partial charge in [-0.15, -0.1) is 0 Å². The Hall–Kier alpha value is -1.07. The Bertz CT molecular complexity index is 321. The van der Waals surface area contributed by atoms with E-state index in [9.17, 15) is 0 Å². The maximum Gasteiger partial charge on any atom is 0.297 e. The van der Waals surface area contributed by atoms with Crippen LogP contribution < -0.4 is 4.90 Å². The largest absolute Gasteiger partial charge is 0.432 e. The van der Waals surface area contributed by atoms with Crippen LogP contribution in [0.4, 0.5) is 6.01 Å². The third kappa shape index (κ3) is 2.74. The van der Waals surface area contributed by atoms with E-state index < -0.39 is 0 Å². The van der Waals surface area contributed by atoms with Crippen molar-refractivity contribution < 1.29 is 14.3 Å². The molecule has 0 radical (unpaired) electrons. The number of oxazole rings is 1. The van der Waals surface area contributed by atoms with E-state index >= 15 is 0 Å². The zero-order valence-corrected chi connectivity index (χ0v) is 9.56. The second-order valence-electron chi connectivity index (χ2n) is 4.22. The lowest BCUT2D eigenvalue weighted by atomic mass is 10.0. The molecule has 0 bridgehead atoms. The number of aliphatic hydroxyl groups is 1. The average molecular weight is 226 g/mol. The first-order valence-corrected chi connectivity index (χ1v) is 5.63. The van der Waals surface area contributed by atoms with E-state index in [1.807, 2.05) is 11.9 Å². The molecule has 1 aromatic heterocycles. The maximum atomic E-state index is 8.90. The molecular formula is C11H18N2O3. The molecule has 0 aliphatic carbocycles. The summed E-state index contributed by atoms with van der Waals surface area (Å²) in [4.78, 5) is 6.17. The summed E-state index contributed by atoms with van der Waals surface area (Å²) in [6.07, 6.45) is 3.69. The fraction of sp³-hybridized carbons (Fsp3) is 0.727. The second-order valence-corrected chi connectivity index (χ2v) is 4.22. The van der Waals surface area contributed by atoms with Gasteiger partial charge in [0.2, 0.25) is 0 Å². The van der Waals surface area contributed by atoms with Gasteiger partial charge in [0.1, 0.15) is 12.0 Å². The summed E-state index contributed by atoms with van der Waals surface area (Å²) < 4.78 is 10.6. The molecule has 0 amide bonds. The number of hydrogen-bond donors (Lipinski definition) is 1. The number of hydrogen-bond acceptors (Lipinski definition) is 5. The average Bonchev–Trinajstić information content (AvgIpc) is 2.79. The summed E-state index contributed by atoms with van der Waals surface area (Å²) in [6, 6.07) is 0.579. The van der Waals surface area contributed by atoms with Crippen molar-refractivity contribution in [3.8, 4) is 0 Å². The molecule has 1 aliphatic rings. The van der Waals surface area contributed by atoms with Crippen LogP contribution in [0.25, 0.3) is 0 Å². The topological polar surface area (TPSA) is 58.7 Å². The van der Waals surface area contributed by atoms with E-state index in [1.54, 1.807) is 0 Å². The molecule has 1 fully saturated rings. The van der Waals surface area contributed by atoms with Gasteiger partial charge < -0.3 is 19.2 Å². The summed E-state index contributed by atoms with van der Waals surface area (Å²) in [7, 11) is 1.96. The Morgan fingerprint density at radius 1 is 1.50 bits per heavy atom. The minimum Gasteiger partial charge on any atom is -0.432 e. The number of aliphatic hydroxyl groups excluding tert-OH is 1. The monoisotopic (exact) mass is 226 g/mol. The summed E-state index contributed by atoms with van der Waals surface area (Å²) in [5.41, 5.74) is 0.578. The van der Waals surface area contributed by atoms with E-state index in [2.05, 4.69) is 4.98 Å². The molecule has 90 valence electrons. The van der Waals surface area contributed by atoms with Gasteiger partial charge in [-0.1, -0.05) is 0 Å². The number of rotatable bonds is 4. The summed E-state index contributed by atoms with van der Waals surface area (Å²) in [5.74, 6) is 0.642. The molecule has 1 N–H and O–H groups in total. The second kappa shape index (κ2) is 5.32. The fourth-order valence-corrected chi connectivity index (χ4v) is 1.94. The zero-order chi connectivity index (χ0) is 11.4. The Balaban J connectivity index is 1.88. The van der Waals surface area contributed by atoms with Crippen molar-refractivity contribution in [2.45, 2.75) is 19.4 Å². The molecule has 1 aliphatic heterocycles. The molecule has 16 heavy (non-hydrogen) atoms. The number of aromatic nitrogens is 1. The van der Waals surface area contributed by atoms with E-state index in [-0.39, 0.29) is 6.61 Å². The lowest BCUT2D eigenvalue weighted by Gasteiger charge is -2.26. The number of nitrogens with zero attached hydrogens (tertiary/aromatic N) is 2. The number of anilines is 1. The van der Waals surface area contributed by atoms with Crippen molar-refractivity contribution in [1.82, 2.24) is 4.98 Å². The van der Waals surface area contributed by atoms with E-state index in [0.717, 1.165) is 32.6 Å². The quantitative estimate of drug-likeness (QED) is 0.831. The standard InChI is InChI=1S/C11H18N2O3/c1-13(6-9-2-4-15-5-3-9)11-12-10(7-14)8-16-11/h8-9,14H,2-7H2,1H3. The predicted molar refractivity (Wildman–Crippen MR) is 59.2 cm³/mol. The normalized spacial score (nSPS) is 17.6. The van der Waals surface area contributed by atoms with E-state index in [4.69, 9.17) is 14.3 Å². The lowest BCUT2D eigenvalue weighted by Crippen LogP contribution is -2.29. The van der Waals surface area contributed by atoms with Crippen LogP contribution in [-0.4, -0.2) is 36.9 Å². The Morgan fingerprint density at radius 2 is 2.25 bits per heavy atom. The van der Waals surface area contributed by atoms with Crippen molar-refractivity contribution in [2.75, 3.05) is 31.7 Å². The predicted octanol–water partition coefficient (Wildman–Crippen LogP) is 1.03. The van der Waals surface area contributed by atoms with Crippen LogP contribution in [0, 0.1) is 5.92 Å². The van der Waals surface area contributed by atoms with Crippen molar-refractivity contribution >= 4 is 6.01 Å². The van der Waals surface area contributed by atoms with Gasteiger partial charge in [-0.25, -0.2) is 0 Å². The number of ether oxygens (including phenoxy) is 1. The molecule has 5 nitrogen and oxygen atoms in total. The van der Waals surface area contributed by atoms with Crippen LogP contribution in [0.2, 0.25) is 0 Å². The van der Waals surface area contributed by atoms with Gasteiger partial charge in [0.05, 0.1) is 6.61 Å². The van der Waals surface area contributed by atoms with Gasteiger partial charge in [-0.05, 0) is 18.8 Å². The highest BCUT2D eigenvalue weighted by Crippen LogP contribution is 2.19. The maximum absolute atomic E-state index is 8.90. The third-order valence-corrected chi connectivity index (χ3v) is 2.90. The molecule has 0 unspecified atom stereocenters. The Labute approximate surface area is 95.0 Å². The van der Waals surface area contributed by atoms with Gasteiger partial charge in [0.15, 0.2) is 0 Å². The van der Waals surface area contributed by atoms with Crippen molar-refractivity contribution in [2.24, 2.45) is 5.92 Å². The smallest absolute Gasteiger partial charge is 0.297 e. The van der Waals surface area contributed by atoms with Crippen LogP contribution in [0.1, 0.15) is 18.5 Å². The molecule has 2 rings (SSSR count). The first-order chi connectivity index (χ1) is 7.79. The van der Waals surface area contributed by atoms with Gasteiger partial charge >= 0.3 is 0 Å². The first-order valence-electron chi connectivity index (χ1n) is 5.63. The van der Waals surface area contributed by atoms with Crippen LogP contribution in [-0.2, 0) is 11.3 Å². The molecule has 0 spiro atoms. The van der Waals surface area contributed by atoms with Crippen LogP contribution in [0.15, 0.2) is 10.7 Å². The highest BCUT2D eigenvalue weighted by molar-refractivity contribution is 5.25. The van der Waals surface area contributed by atoms with Gasteiger partial charge in [-0.2, -0.15) is 4.98 Å². The van der Waals surface area contributed by atoms with Crippen molar-refractivity contribution in [3.05, 3.63) is 12.0 Å². The van der Waals surface area contributed by atoms with E-state index in [1.165, 1.54) is 6.26 Å². The molecule has 1 aromatic rings. The molecule has 2 heterocycles. The van der Waals surface area contributed by atoms with Crippen molar-refractivity contribution in [1.29, 1.82) is 0 Å².